The topological polar surface area (TPSA) is 50.7 Å². The summed E-state index contributed by atoms with van der Waals surface area (Å²) >= 11 is 5.69. The summed E-state index contributed by atoms with van der Waals surface area (Å²) in [6.45, 7) is 0. The van der Waals surface area contributed by atoms with E-state index in [1.165, 1.54) is 0 Å². The number of hydrogen-bond acceptors (Lipinski definition) is 2. The van der Waals surface area contributed by atoms with Crippen LogP contribution in [-0.4, -0.2) is 14.8 Å². The van der Waals surface area contributed by atoms with Crippen LogP contribution in [0, 0.1) is 0 Å². The fourth-order valence-electron chi connectivity index (χ4n) is 1.28. The van der Waals surface area contributed by atoms with Gasteiger partial charge in [0.15, 0.2) is 0 Å². The molecule has 2 aromatic rings. The lowest BCUT2D eigenvalue weighted by atomic mass is 10.2. The first-order valence-corrected chi connectivity index (χ1v) is 4.77. The summed E-state index contributed by atoms with van der Waals surface area (Å²) in [7, 11) is 0. The van der Waals surface area contributed by atoms with Gasteiger partial charge in [-0.3, -0.25) is 4.98 Å². The smallest absolute Gasteiger partial charge is 0.295 e. The van der Waals surface area contributed by atoms with Gasteiger partial charge in [-0.15, -0.1) is 0 Å². The molecule has 0 saturated heterocycles. The van der Waals surface area contributed by atoms with Crippen molar-refractivity contribution >= 4 is 11.6 Å². The number of hydrogen-bond donors (Lipinski definition) is 1. The molecule has 0 aliphatic heterocycles. The second kappa shape index (κ2) is 3.92. The Morgan fingerprint density at radius 2 is 2.06 bits per heavy atom. The largest absolute Gasteiger partial charge is 0.416 e. The fraction of sp³-hybridized carbons (Fsp3) is 0.111. The van der Waals surface area contributed by atoms with Gasteiger partial charge >= 0.3 is 11.9 Å². The number of alkyl halides is 3. The Hall–Kier alpha value is -1.76. The molecule has 0 unspecified atom stereocenters. The molecule has 0 saturated carbocycles. The van der Waals surface area contributed by atoms with Crippen molar-refractivity contribution in [2.75, 3.05) is 0 Å². The lowest BCUT2D eigenvalue weighted by molar-refractivity contribution is -0.137. The van der Waals surface area contributed by atoms with Crippen molar-refractivity contribution < 1.29 is 13.2 Å². The Balaban J connectivity index is 2.54. The zero-order chi connectivity index (χ0) is 12.6. The molecule has 17 heavy (non-hydrogen) atoms. The monoisotopic (exact) mass is 263 g/mol. The lowest BCUT2D eigenvalue weighted by Gasteiger charge is -2.09. The molecule has 0 fully saturated rings. The van der Waals surface area contributed by atoms with Crippen LogP contribution in [0.3, 0.4) is 0 Å². The minimum atomic E-state index is -4.47. The summed E-state index contributed by atoms with van der Waals surface area (Å²) in [5, 5.41) is 3.42. The second-order valence-electron chi connectivity index (χ2n) is 3.17. The van der Waals surface area contributed by atoms with Crippen LogP contribution < -0.4 is 5.69 Å². The first-order chi connectivity index (χ1) is 7.89. The molecule has 0 radical (unpaired) electrons. The van der Waals surface area contributed by atoms with Gasteiger partial charge in [-0.05, 0) is 18.2 Å². The third kappa shape index (κ3) is 2.19. The van der Waals surface area contributed by atoms with E-state index in [0.717, 1.165) is 29.2 Å². The Labute approximate surface area is 97.6 Å². The van der Waals surface area contributed by atoms with E-state index < -0.39 is 17.4 Å². The van der Waals surface area contributed by atoms with Crippen LogP contribution >= 0.6 is 11.6 Å². The van der Waals surface area contributed by atoms with E-state index in [1.807, 2.05) is 0 Å². The van der Waals surface area contributed by atoms with E-state index in [4.69, 9.17) is 11.6 Å². The van der Waals surface area contributed by atoms with Crippen LogP contribution in [0.1, 0.15) is 5.56 Å². The maximum absolute atomic E-state index is 12.4. The highest BCUT2D eigenvalue weighted by Gasteiger charge is 2.31. The average Bonchev–Trinajstić information content (AvgIpc) is 2.63. The minimum absolute atomic E-state index is 0.0888. The highest BCUT2D eigenvalue weighted by Crippen LogP contribution is 2.32. The Morgan fingerprint density at radius 1 is 1.35 bits per heavy atom. The third-order valence-corrected chi connectivity index (χ3v) is 2.36. The van der Waals surface area contributed by atoms with Crippen LogP contribution in [-0.2, 0) is 6.18 Å². The van der Waals surface area contributed by atoms with Crippen LogP contribution in [0.15, 0.2) is 29.3 Å². The molecule has 1 aromatic carbocycles. The number of nitrogens with zero attached hydrogens (tertiary/aromatic N) is 2. The number of aromatic amines is 1. The number of nitrogens with one attached hydrogen (secondary N) is 1. The van der Waals surface area contributed by atoms with E-state index in [1.54, 1.807) is 0 Å². The number of rotatable bonds is 1. The van der Waals surface area contributed by atoms with Crippen molar-refractivity contribution in [2.45, 2.75) is 6.18 Å². The van der Waals surface area contributed by atoms with Crippen LogP contribution in [0.2, 0.25) is 5.02 Å². The Bertz CT molecular complexity index is 602. The first kappa shape index (κ1) is 11.7. The molecule has 0 bridgehead atoms. The first-order valence-electron chi connectivity index (χ1n) is 4.39. The highest BCUT2D eigenvalue weighted by molar-refractivity contribution is 6.32. The molecule has 90 valence electrons. The molecule has 8 heteroatoms. The number of aromatic nitrogens is 3. The van der Waals surface area contributed by atoms with Crippen molar-refractivity contribution in [2.24, 2.45) is 0 Å². The van der Waals surface area contributed by atoms with Gasteiger partial charge in [0.1, 0.15) is 6.33 Å². The van der Waals surface area contributed by atoms with E-state index in [-0.39, 0.29) is 10.7 Å². The van der Waals surface area contributed by atoms with Gasteiger partial charge in [0.25, 0.3) is 0 Å². The molecule has 1 N–H and O–H groups in total. The Kier molecular flexibility index (Phi) is 2.70. The predicted molar refractivity (Wildman–Crippen MR) is 54.2 cm³/mol. The number of H-pyrrole nitrogens is 1. The molecular formula is C9H5ClF3N3O. The fourth-order valence-corrected chi connectivity index (χ4v) is 1.54. The molecule has 1 heterocycles. The van der Waals surface area contributed by atoms with Gasteiger partial charge < -0.3 is 0 Å². The van der Waals surface area contributed by atoms with Gasteiger partial charge in [-0.1, -0.05) is 11.6 Å². The summed E-state index contributed by atoms with van der Waals surface area (Å²) in [4.78, 5) is 13.5. The summed E-state index contributed by atoms with van der Waals surface area (Å²) in [5.41, 5.74) is -1.37. The molecule has 1 aromatic heterocycles. The molecule has 0 spiro atoms. The van der Waals surface area contributed by atoms with Crippen molar-refractivity contribution in [3.63, 3.8) is 0 Å². The average molecular weight is 264 g/mol. The SMILES string of the molecule is O=c1[nH]cnn1-c1ccc(C(F)(F)F)cc1Cl. The predicted octanol–water partition coefficient (Wildman–Crippen LogP) is 2.23. The maximum Gasteiger partial charge on any atom is 0.416 e. The summed E-state index contributed by atoms with van der Waals surface area (Å²) in [5.74, 6) is 0. The van der Waals surface area contributed by atoms with Crippen molar-refractivity contribution in [1.29, 1.82) is 0 Å². The van der Waals surface area contributed by atoms with Crippen molar-refractivity contribution in [3.8, 4) is 5.69 Å². The number of halogens is 4. The van der Waals surface area contributed by atoms with Crippen LogP contribution in [0.5, 0.6) is 0 Å². The third-order valence-electron chi connectivity index (χ3n) is 2.06. The Morgan fingerprint density at radius 3 is 2.53 bits per heavy atom. The molecule has 0 aliphatic rings. The molecule has 2 rings (SSSR count). The molecule has 0 aliphatic carbocycles. The normalized spacial score (nSPS) is 11.8. The second-order valence-corrected chi connectivity index (χ2v) is 3.58. The standard InChI is InChI=1S/C9H5ClF3N3O/c10-6-3-5(9(11,12)13)1-2-7(6)16-8(17)14-4-15-16/h1-4H,(H,14,15,17). The molecule has 4 nitrogen and oxygen atoms in total. The zero-order valence-corrected chi connectivity index (χ0v) is 8.88. The summed E-state index contributed by atoms with van der Waals surface area (Å²) in [6.07, 6.45) is -3.35. The van der Waals surface area contributed by atoms with Gasteiger partial charge in [-0.25, -0.2) is 4.79 Å². The minimum Gasteiger partial charge on any atom is -0.295 e. The summed E-state index contributed by atoms with van der Waals surface area (Å²) in [6, 6.07) is 2.67. The molecule has 0 atom stereocenters. The lowest BCUT2D eigenvalue weighted by Crippen LogP contribution is -2.16. The van der Waals surface area contributed by atoms with Gasteiger partial charge in [-0.2, -0.15) is 23.0 Å². The van der Waals surface area contributed by atoms with Gasteiger partial charge in [0.2, 0.25) is 0 Å². The van der Waals surface area contributed by atoms with E-state index in [2.05, 4.69) is 10.1 Å². The highest BCUT2D eigenvalue weighted by atomic mass is 35.5. The van der Waals surface area contributed by atoms with E-state index in [0.29, 0.717) is 0 Å². The van der Waals surface area contributed by atoms with Crippen LogP contribution in [0.4, 0.5) is 13.2 Å². The van der Waals surface area contributed by atoms with Crippen LogP contribution in [0.25, 0.3) is 5.69 Å². The molecule has 0 amide bonds. The maximum atomic E-state index is 12.4. The quantitative estimate of drug-likeness (QED) is 0.858. The zero-order valence-electron chi connectivity index (χ0n) is 8.12. The van der Waals surface area contributed by atoms with E-state index >= 15 is 0 Å². The van der Waals surface area contributed by atoms with Crippen molar-refractivity contribution in [1.82, 2.24) is 14.8 Å². The molecular weight excluding hydrogens is 259 g/mol. The number of benzene rings is 1. The van der Waals surface area contributed by atoms with Gasteiger partial charge in [0, 0.05) is 0 Å². The van der Waals surface area contributed by atoms with Gasteiger partial charge in [0.05, 0.1) is 16.3 Å². The summed E-state index contributed by atoms with van der Waals surface area (Å²) < 4.78 is 38.0. The van der Waals surface area contributed by atoms with Crippen molar-refractivity contribution in [3.05, 3.63) is 45.6 Å². The van der Waals surface area contributed by atoms with E-state index in [9.17, 15) is 18.0 Å².